The average Bonchev–Trinajstić information content (AvgIpc) is 1.90. The molecule has 0 heterocycles. The first-order chi connectivity index (χ1) is 4.33. The molecule has 0 saturated carbocycles. The average molecular weight is 142 g/mol. The van der Waals surface area contributed by atoms with Gasteiger partial charge < -0.3 is 5.43 Å². The quantitative estimate of drug-likeness (QED) is 0.459. The topological polar surface area (TPSA) is 38.0 Å². The highest BCUT2D eigenvalue weighted by atomic mass is 35.5. The Kier molecular flexibility index (Phi) is 1.92. The second-order valence-corrected chi connectivity index (χ2v) is 2.00. The minimum atomic E-state index is 0.661. The fourth-order valence-electron chi connectivity index (χ4n) is 0.496. The first-order valence-electron chi connectivity index (χ1n) is 2.47. The van der Waals surface area contributed by atoms with E-state index < -0.39 is 0 Å². The van der Waals surface area contributed by atoms with E-state index in [-0.39, 0.29) is 0 Å². The summed E-state index contributed by atoms with van der Waals surface area (Å²) in [6.45, 7) is 0. The summed E-state index contributed by atoms with van der Waals surface area (Å²) in [5.41, 5.74) is 3.18. The van der Waals surface area contributed by atoms with Crippen LogP contribution in [0.15, 0.2) is 18.2 Å². The van der Waals surface area contributed by atoms with E-state index in [1.807, 2.05) is 0 Å². The molecule has 1 radical (unpaired) electrons. The van der Waals surface area contributed by atoms with Crippen molar-refractivity contribution in [3.63, 3.8) is 0 Å². The van der Waals surface area contributed by atoms with Crippen molar-refractivity contribution >= 4 is 17.3 Å². The Labute approximate surface area is 58.6 Å². The van der Waals surface area contributed by atoms with Gasteiger partial charge in [-0.3, -0.25) is 5.84 Å². The molecule has 9 heavy (non-hydrogen) atoms. The number of hydrogen-bond donors (Lipinski definition) is 2. The largest absolute Gasteiger partial charge is 0.324 e. The maximum Gasteiger partial charge on any atom is 0.0565 e. The summed E-state index contributed by atoms with van der Waals surface area (Å²) in [4.78, 5) is 0. The van der Waals surface area contributed by atoms with Gasteiger partial charge in [0.2, 0.25) is 0 Å². The second-order valence-electron chi connectivity index (χ2n) is 1.56. The minimum absolute atomic E-state index is 0.661. The molecule has 0 saturated heterocycles. The molecule has 0 bridgehead atoms. The van der Waals surface area contributed by atoms with E-state index in [0.29, 0.717) is 5.02 Å². The molecule has 3 N–H and O–H groups in total. The van der Waals surface area contributed by atoms with Gasteiger partial charge in [0.1, 0.15) is 0 Å². The van der Waals surface area contributed by atoms with Gasteiger partial charge >= 0.3 is 0 Å². The number of anilines is 1. The van der Waals surface area contributed by atoms with E-state index in [1.165, 1.54) is 0 Å². The van der Waals surface area contributed by atoms with E-state index in [9.17, 15) is 0 Å². The molecule has 0 spiro atoms. The van der Waals surface area contributed by atoms with Crippen molar-refractivity contribution < 1.29 is 0 Å². The van der Waals surface area contributed by atoms with Crippen molar-refractivity contribution in [3.05, 3.63) is 29.3 Å². The number of hydrogen-bond acceptors (Lipinski definition) is 2. The number of benzene rings is 1. The van der Waals surface area contributed by atoms with Crippen molar-refractivity contribution in [1.29, 1.82) is 0 Å². The molecule has 47 valence electrons. The van der Waals surface area contributed by atoms with Crippen LogP contribution in [0.4, 0.5) is 5.69 Å². The zero-order valence-electron chi connectivity index (χ0n) is 4.69. The fourth-order valence-corrected chi connectivity index (χ4v) is 0.613. The third-order valence-corrected chi connectivity index (χ3v) is 1.17. The van der Waals surface area contributed by atoms with Crippen LogP contribution in [-0.4, -0.2) is 0 Å². The number of nitrogens with two attached hydrogens (primary N) is 1. The highest BCUT2D eigenvalue weighted by Gasteiger charge is 1.86. The molecule has 0 aromatic heterocycles. The third-order valence-electron chi connectivity index (χ3n) is 0.930. The summed E-state index contributed by atoms with van der Waals surface area (Å²) < 4.78 is 0. The number of nitrogen functional groups attached to an aromatic ring is 1. The molecule has 1 aromatic rings. The summed E-state index contributed by atoms with van der Waals surface area (Å²) in [6.07, 6.45) is 0. The lowest BCUT2D eigenvalue weighted by Gasteiger charge is -1.95. The Morgan fingerprint density at radius 2 is 2.33 bits per heavy atom. The molecule has 0 atom stereocenters. The summed E-state index contributed by atoms with van der Waals surface area (Å²) in [5.74, 6) is 5.08. The predicted molar refractivity (Wildman–Crippen MR) is 38.1 cm³/mol. The lowest BCUT2D eigenvalue weighted by atomic mass is 10.3. The van der Waals surface area contributed by atoms with Crippen molar-refractivity contribution in [2.75, 3.05) is 5.43 Å². The maximum atomic E-state index is 5.57. The van der Waals surface area contributed by atoms with E-state index in [4.69, 9.17) is 17.4 Å². The van der Waals surface area contributed by atoms with Gasteiger partial charge in [-0.05, 0) is 18.2 Å². The first-order valence-corrected chi connectivity index (χ1v) is 2.84. The van der Waals surface area contributed by atoms with Crippen molar-refractivity contribution in [2.24, 2.45) is 5.84 Å². The Morgan fingerprint density at radius 1 is 1.56 bits per heavy atom. The normalized spacial score (nSPS) is 9.11. The Balaban J connectivity index is 2.88. The molecule has 3 heteroatoms. The monoisotopic (exact) mass is 141 g/mol. The third kappa shape index (κ3) is 1.59. The molecule has 1 aromatic carbocycles. The SMILES string of the molecule is NNc1[c]cc(Cl)cc1. The van der Waals surface area contributed by atoms with E-state index in [2.05, 4.69) is 11.5 Å². The molecule has 1 rings (SSSR count). The van der Waals surface area contributed by atoms with E-state index in [0.717, 1.165) is 5.69 Å². The standard InChI is InChI=1S/C6H6ClN2/c7-5-1-3-6(9-8)4-2-5/h1-3,9H,8H2. The van der Waals surface area contributed by atoms with Crippen LogP contribution in [0.5, 0.6) is 0 Å². The summed E-state index contributed by atoms with van der Waals surface area (Å²) in [5, 5.41) is 0.661. The number of rotatable bonds is 1. The smallest absolute Gasteiger partial charge is 0.0565 e. The van der Waals surface area contributed by atoms with E-state index >= 15 is 0 Å². The minimum Gasteiger partial charge on any atom is -0.324 e. The van der Waals surface area contributed by atoms with Crippen LogP contribution < -0.4 is 11.3 Å². The van der Waals surface area contributed by atoms with Crippen LogP contribution in [0.3, 0.4) is 0 Å². The molecular weight excluding hydrogens is 136 g/mol. The van der Waals surface area contributed by atoms with Gasteiger partial charge in [0.15, 0.2) is 0 Å². The summed E-state index contributed by atoms with van der Waals surface area (Å²) >= 11 is 5.57. The Hall–Kier alpha value is -0.730. The van der Waals surface area contributed by atoms with Gasteiger partial charge in [0.05, 0.1) is 5.69 Å². The maximum absolute atomic E-state index is 5.57. The molecule has 0 aliphatic carbocycles. The Morgan fingerprint density at radius 3 is 2.78 bits per heavy atom. The molecule has 2 nitrogen and oxygen atoms in total. The van der Waals surface area contributed by atoms with Gasteiger partial charge in [-0.25, -0.2) is 0 Å². The van der Waals surface area contributed by atoms with Gasteiger partial charge in [0.25, 0.3) is 0 Å². The molecule has 0 fully saturated rings. The van der Waals surface area contributed by atoms with Crippen LogP contribution in [0, 0.1) is 6.07 Å². The van der Waals surface area contributed by atoms with Gasteiger partial charge in [0, 0.05) is 11.1 Å². The van der Waals surface area contributed by atoms with Crippen LogP contribution in [-0.2, 0) is 0 Å². The second kappa shape index (κ2) is 2.71. The van der Waals surface area contributed by atoms with Crippen molar-refractivity contribution in [2.45, 2.75) is 0 Å². The highest BCUT2D eigenvalue weighted by Crippen LogP contribution is 2.10. The van der Waals surface area contributed by atoms with Crippen molar-refractivity contribution in [3.8, 4) is 0 Å². The van der Waals surface area contributed by atoms with Crippen LogP contribution in [0.2, 0.25) is 5.02 Å². The van der Waals surface area contributed by atoms with Gasteiger partial charge in [-0.2, -0.15) is 0 Å². The zero-order valence-corrected chi connectivity index (χ0v) is 5.44. The molecule has 0 aliphatic heterocycles. The number of hydrazine groups is 1. The first kappa shape index (κ1) is 6.39. The lowest BCUT2D eigenvalue weighted by molar-refractivity contribution is 1.35. The molecule has 0 unspecified atom stereocenters. The van der Waals surface area contributed by atoms with Crippen LogP contribution >= 0.6 is 11.6 Å². The summed E-state index contributed by atoms with van der Waals surface area (Å²) in [7, 11) is 0. The van der Waals surface area contributed by atoms with Crippen molar-refractivity contribution in [1.82, 2.24) is 0 Å². The number of halogens is 1. The number of nitrogens with one attached hydrogen (secondary N) is 1. The highest BCUT2D eigenvalue weighted by molar-refractivity contribution is 6.30. The van der Waals surface area contributed by atoms with Crippen LogP contribution in [0.1, 0.15) is 0 Å². The summed E-state index contributed by atoms with van der Waals surface area (Å²) in [6, 6.07) is 7.96. The zero-order chi connectivity index (χ0) is 6.69. The molecule has 0 amide bonds. The van der Waals surface area contributed by atoms with Gasteiger partial charge in [-0.15, -0.1) is 0 Å². The molecule has 0 aliphatic rings. The van der Waals surface area contributed by atoms with Crippen LogP contribution in [0.25, 0.3) is 0 Å². The predicted octanol–water partition coefficient (Wildman–Crippen LogP) is 1.43. The van der Waals surface area contributed by atoms with E-state index in [1.54, 1.807) is 18.2 Å². The molecular formula is C6H6ClN2. The fraction of sp³-hybridized carbons (Fsp3) is 0. The Bertz CT molecular complexity index is 183. The van der Waals surface area contributed by atoms with Gasteiger partial charge in [-0.1, -0.05) is 11.6 Å². The lowest BCUT2D eigenvalue weighted by Crippen LogP contribution is -2.05.